The lowest BCUT2D eigenvalue weighted by Crippen LogP contribution is -2.52. The van der Waals surface area contributed by atoms with Crippen molar-refractivity contribution in [1.29, 1.82) is 0 Å². The molecule has 0 aliphatic heterocycles. The first-order valence-electron chi connectivity index (χ1n) is 5.44. The van der Waals surface area contributed by atoms with Crippen LogP contribution in [-0.2, 0) is 0 Å². The van der Waals surface area contributed by atoms with Crippen LogP contribution in [0.1, 0.15) is 20.8 Å². The van der Waals surface area contributed by atoms with Crippen molar-refractivity contribution < 1.29 is 9.90 Å². The third-order valence-corrected chi connectivity index (χ3v) is 3.04. The average Bonchev–Trinajstić information content (AvgIpc) is 2.13. The molecule has 1 rings (SSSR count). The van der Waals surface area contributed by atoms with Gasteiger partial charge in [-0.1, -0.05) is 23.2 Å². The van der Waals surface area contributed by atoms with Crippen molar-refractivity contribution in [3.8, 4) is 0 Å². The van der Waals surface area contributed by atoms with E-state index in [9.17, 15) is 9.90 Å². The van der Waals surface area contributed by atoms with E-state index in [4.69, 9.17) is 23.2 Å². The number of rotatable bonds is 3. The van der Waals surface area contributed by atoms with Gasteiger partial charge in [-0.05, 0) is 39.0 Å². The van der Waals surface area contributed by atoms with E-state index < -0.39 is 17.7 Å². The van der Waals surface area contributed by atoms with Gasteiger partial charge in [0.2, 0.25) is 0 Å². The molecule has 0 saturated carbocycles. The summed E-state index contributed by atoms with van der Waals surface area (Å²) < 4.78 is 0. The van der Waals surface area contributed by atoms with E-state index >= 15 is 0 Å². The number of anilines is 1. The van der Waals surface area contributed by atoms with Crippen LogP contribution in [0.3, 0.4) is 0 Å². The fourth-order valence-corrected chi connectivity index (χ4v) is 1.71. The van der Waals surface area contributed by atoms with Crippen LogP contribution < -0.4 is 10.6 Å². The van der Waals surface area contributed by atoms with Gasteiger partial charge < -0.3 is 15.7 Å². The van der Waals surface area contributed by atoms with E-state index in [0.717, 1.165) is 0 Å². The molecule has 4 nitrogen and oxygen atoms in total. The first-order valence-corrected chi connectivity index (χ1v) is 6.19. The molecule has 0 fully saturated rings. The Bertz CT molecular complexity index is 427. The number of carbonyl (C=O) groups excluding carboxylic acids is 1. The first kappa shape index (κ1) is 15.1. The molecule has 0 aliphatic carbocycles. The first-order chi connectivity index (χ1) is 8.20. The smallest absolute Gasteiger partial charge is 0.319 e. The number of hydrogen-bond acceptors (Lipinski definition) is 2. The van der Waals surface area contributed by atoms with Gasteiger partial charge in [-0.3, -0.25) is 0 Å². The second-order valence-electron chi connectivity index (χ2n) is 4.63. The molecule has 1 aromatic carbocycles. The predicted octanol–water partition coefficient (Wildman–Crippen LogP) is 3.27. The number of carbonyl (C=O) groups is 1. The summed E-state index contributed by atoms with van der Waals surface area (Å²) >= 11 is 11.6. The average molecular weight is 291 g/mol. The van der Waals surface area contributed by atoms with E-state index in [0.29, 0.717) is 15.7 Å². The number of hydrogen-bond donors (Lipinski definition) is 3. The minimum Gasteiger partial charge on any atom is -0.391 e. The molecule has 1 atom stereocenters. The van der Waals surface area contributed by atoms with Crippen molar-refractivity contribution >= 4 is 34.9 Å². The summed E-state index contributed by atoms with van der Waals surface area (Å²) in [5, 5.41) is 15.6. The second-order valence-corrected chi connectivity index (χ2v) is 5.51. The van der Waals surface area contributed by atoms with Crippen LogP contribution in [0.25, 0.3) is 0 Å². The maximum absolute atomic E-state index is 11.7. The molecule has 18 heavy (non-hydrogen) atoms. The topological polar surface area (TPSA) is 61.4 Å². The molecule has 0 aliphatic rings. The van der Waals surface area contributed by atoms with Gasteiger partial charge in [0, 0.05) is 15.7 Å². The summed E-state index contributed by atoms with van der Waals surface area (Å²) in [5.41, 5.74) is -0.238. The van der Waals surface area contributed by atoms with Crippen LogP contribution in [0, 0.1) is 0 Å². The van der Waals surface area contributed by atoms with Crippen LogP contribution in [0.5, 0.6) is 0 Å². The van der Waals surface area contributed by atoms with Crippen LogP contribution in [0.4, 0.5) is 10.5 Å². The van der Waals surface area contributed by atoms with E-state index in [-0.39, 0.29) is 0 Å². The molecule has 0 bridgehead atoms. The molecule has 100 valence electrons. The van der Waals surface area contributed by atoms with Crippen LogP contribution in [0.15, 0.2) is 18.2 Å². The fraction of sp³-hybridized carbons (Fsp3) is 0.417. The molecule has 3 N–H and O–H groups in total. The Hall–Kier alpha value is -0.970. The number of amides is 2. The Kier molecular flexibility index (Phi) is 4.85. The van der Waals surface area contributed by atoms with Crippen LogP contribution >= 0.6 is 23.2 Å². The molecule has 0 spiro atoms. The number of urea groups is 1. The Labute approximate surface area is 116 Å². The summed E-state index contributed by atoms with van der Waals surface area (Å²) in [5.74, 6) is 0. The maximum atomic E-state index is 11.7. The molecule has 1 unspecified atom stereocenters. The minimum atomic E-state index is -0.730. The number of benzene rings is 1. The number of aliphatic hydroxyl groups is 1. The summed E-state index contributed by atoms with van der Waals surface area (Å²) in [4.78, 5) is 11.7. The molecule has 0 heterocycles. The van der Waals surface area contributed by atoms with Crippen molar-refractivity contribution in [2.24, 2.45) is 0 Å². The van der Waals surface area contributed by atoms with Crippen LogP contribution in [-0.4, -0.2) is 22.8 Å². The Morgan fingerprint density at radius 2 is 1.78 bits per heavy atom. The highest BCUT2D eigenvalue weighted by Crippen LogP contribution is 2.22. The van der Waals surface area contributed by atoms with E-state index in [2.05, 4.69) is 10.6 Å². The maximum Gasteiger partial charge on any atom is 0.319 e. The van der Waals surface area contributed by atoms with Gasteiger partial charge >= 0.3 is 6.03 Å². The van der Waals surface area contributed by atoms with Gasteiger partial charge in [0.05, 0.1) is 11.6 Å². The Morgan fingerprint density at radius 3 is 2.22 bits per heavy atom. The number of halogens is 2. The molecular weight excluding hydrogens is 275 g/mol. The number of aliphatic hydroxyl groups excluding tert-OH is 1. The minimum absolute atomic E-state index is 0.431. The molecule has 0 aromatic heterocycles. The monoisotopic (exact) mass is 290 g/mol. The molecule has 6 heteroatoms. The Balaban J connectivity index is 2.71. The van der Waals surface area contributed by atoms with Crippen molar-refractivity contribution in [3.05, 3.63) is 28.2 Å². The van der Waals surface area contributed by atoms with Crippen LogP contribution in [0.2, 0.25) is 10.0 Å². The summed E-state index contributed by atoms with van der Waals surface area (Å²) in [6.45, 7) is 5.06. The van der Waals surface area contributed by atoms with Gasteiger partial charge in [-0.2, -0.15) is 0 Å². The SMILES string of the molecule is CC(O)C(C)(C)NC(=O)Nc1cc(Cl)cc(Cl)c1. The Morgan fingerprint density at radius 1 is 1.28 bits per heavy atom. The normalized spacial score (nSPS) is 13.0. The number of nitrogens with one attached hydrogen (secondary N) is 2. The van der Waals surface area contributed by atoms with E-state index in [1.54, 1.807) is 39.0 Å². The lowest BCUT2D eigenvalue weighted by molar-refractivity contribution is 0.103. The van der Waals surface area contributed by atoms with Gasteiger partial charge in [0.15, 0.2) is 0 Å². The third kappa shape index (κ3) is 4.37. The highest BCUT2D eigenvalue weighted by Gasteiger charge is 2.25. The summed E-state index contributed by atoms with van der Waals surface area (Å²) in [6.07, 6.45) is -0.675. The molecule has 2 amide bonds. The summed E-state index contributed by atoms with van der Waals surface area (Å²) in [6, 6.07) is 4.32. The molecule has 1 aromatic rings. The van der Waals surface area contributed by atoms with Crippen molar-refractivity contribution in [3.63, 3.8) is 0 Å². The zero-order chi connectivity index (χ0) is 13.9. The summed E-state index contributed by atoms with van der Waals surface area (Å²) in [7, 11) is 0. The molecule has 0 saturated heterocycles. The van der Waals surface area contributed by atoms with Gasteiger partial charge in [0.25, 0.3) is 0 Å². The highest BCUT2D eigenvalue weighted by atomic mass is 35.5. The third-order valence-electron chi connectivity index (χ3n) is 2.60. The predicted molar refractivity (Wildman–Crippen MR) is 74.4 cm³/mol. The highest BCUT2D eigenvalue weighted by molar-refractivity contribution is 6.35. The van der Waals surface area contributed by atoms with Crippen molar-refractivity contribution in [2.75, 3.05) is 5.32 Å². The molecule has 0 radical (unpaired) electrons. The van der Waals surface area contributed by atoms with Crippen molar-refractivity contribution in [2.45, 2.75) is 32.4 Å². The van der Waals surface area contributed by atoms with E-state index in [1.807, 2.05) is 0 Å². The fourth-order valence-electron chi connectivity index (χ4n) is 1.19. The largest absolute Gasteiger partial charge is 0.391 e. The second kappa shape index (κ2) is 5.78. The van der Waals surface area contributed by atoms with Gasteiger partial charge in [-0.15, -0.1) is 0 Å². The lowest BCUT2D eigenvalue weighted by atomic mass is 9.99. The van der Waals surface area contributed by atoms with E-state index in [1.165, 1.54) is 0 Å². The molecular formula is C12H16Cl2N2O2. The zero-order valence-electron chi connectivity index (χ0n) is 10.4. The lowest BCUT2D eigenvalue weighted by Gasteiger charge is -2.29. The van der Waals surface area contributed by atoms with Gasteiger partial charge in [-0.25, -0.2) is 4.79 Å². The van der Waals surface area contributed by atoms with Crippen molar-refractivity contribution in [1.82, 2.24) is 5.32 Å². The quantitative estimate of drug-likeness (QED) is 0.800. The zero-order valence-corrected chi connectivity index (χ0v) is 11.9. The standard InChI is InChI=1S/C12H16Cl2N2O2/c1-7(17)12(2,3)16-11(18)15-10-5-8(13)4-9(14)6-10/h4-7,17H,1-3H3,(H2,15,16,18). The van der Waals surface area contributed by atoms with Gasteiger partial charge in [0.1, 0.15) is 0 Å².